The number of para-hydroxylation sites is 1. The zero-order valence-electron chi connectivity index (χ0n) is 15.6. The summed E-state index contributed by atoms with van der Waals surface area (Å²) in [5.41, 5.74) is 1.04. The maximum absolute atomic E-state index is 12.5. The molecule has 0 radical (unpaired) electrons. The Labute approximate surface area is 159 Å². The molecule has 6 heteroatoms. The standard InChI is InChI=1S/C20H25ClN2O3/c1-14-6-5-7-17(21)18(14)26-13-12-22-19(24)20(2,3)23-15-8-10-16(25-4)11-9-15/h5-11,23H,12-13H2,1-4H3,(H,22,24). The highest BCUT2D eigenvalue weighted by Crippen LogP contribution is 2.27. The van der Waals surface area contributed by atoms with Crippen molar-refractivity contribution in [3.63, 3.8) is 0 Å². The van der Waals surface area contributed by atoms with Crippen molar-refractivity contribution in [2.45, 2.75) is 26.3 Å². The van der Waals surface area contributed by atoms with E-state index in [9.17, 15) is 4.79 Å². The van der Waals surface area contributed by atoms with Crippen LogP contribution in [0.2, 0.25) is 5.02 Å². The van der Waals surface area contributed by atoms with E-state index in [1.54, 1.807) is 13.2 Å². The van der Waals surface area contributed by atoms with Crippen LogP contribution >= 0.6 is 11.6 Å². The molecule has 2 aromatic rings. The Bertz CT molecular complexity index is 725. The molecule has 26 heavy (non-hydrogen) atoms. The maximum atomic E-state index is 12.5. The van der Waals surface area contributed by atoms with Gasteiger partial charge in [-0.1, -0.05) is 23.7 Å². The van der Waals surface area contributed by atoms with Crippen molar-refractivity contribution in [1.82, 2.24) is 5.32 Å². The molecular weight excluding hydrogens is 352 g/mol. The van der Waals surface area contributed by atoms with Crippen LogP contribution in [-0.2, 0) is 4.79 Å². The Morgan fingerprint density at radius 1 is 1.15 bits per heavy atom. The molecule has 0 aliphatic rings. The lowest BCUT2D eigenvalue weighted by Crippen LogP contribution is -2.48. The van der Waals surface area contributed by atoms with Crippen molar-refractivity contribution < 1.29 is 14.3 Å². The summed E-state index contributed by atoms with van der Waals surface area (Å²) in [6.07, 6.45) is 0. The highest BCUT2D eigenvalue weighted by molar-refractivity contribution is 6.32. The number of rotatable bonds is 8. The van der Waals surface area contributed by atoms with Crippen molar-refractivity contribution in [3.05, 3.63) is 53.1 Å². The Kier molecular flexibility index (Phi) is 6.75. The van der Waals surface area contributed by atoms with E-state index in [-0.39, 0.29) is 5.91 Å². The van der Waals surface area contributed by atoms with E-state index in [0.29, 0.717) is 23.9 Å². The first kappa shape index (κ1) is 19.9. The maximum Gasteiger partial charge on any atom is 0.245 e. The summed E-state index contributed by atoms with van der Waals surface area (Å²) in [5, 5.41) is 6.66. The normalized spacial score (nSPS) is 11.0. The molecule has 5 nitrogen and oxygen atoms in total. The fourth-order valence-electron chi connectivity index (χ4n) is 2.43. The molecule has 0 heterocycles. The fourth-order valence-corrected chi connectivity index (χ4v) is 2.71. The highest BCUT2D eigenvalue weighted by atomic mass is 35.5. The zero-order chi connectivity index (χ0) is 19.2. The number of anilines is 1. The first-order valence-corrected chi connectivity index (χ1v) is 8.80. The molecule has 2 rings (SSSR count). The molecular formula is C20H25ClN2O3. The first-order chi connectivity index (χ1) is 12.3. The van der Waals surface area contributed by atoms with Gasteiger partial charge in [-0.25, -0.2) is 0 Å². The van der Waals surface area contributed by atoms with Gasteiger partial charge in [0.05, 0.1) is 18.7 Å². The Balaban J connectivity index is 1.83. The van der Waals surface area contributed by atoms with E-state index < -0.39 is 5.54 Å². The second kappa shape index (κ2) is 8.81. The largest absolute Gasteiger partial charge is 0.497 e. The third kappa shape index (κ3) is 5.30. The van der Waals surface area contributed by atoms with E-state index in [2.05, 4.69) is 10.6 Å². The third-order valence-corrected chi connectivity index (χ3v) is 4.21. The average Bonchev–Trinajstić information content (AvgIpc) is 2.60. The van der Waals surface area contributed by atoms with Crippen molar-refractivity contribution in [3.8, 4) is 11.5 Å². The van der Waals surface area contributed by atoms with Gasteiger partial charge >= 0.3 is 0 Å². The van der Waals surface area contributed by atoms with Crippen LogP contribution in [0.3, 0.4) is 0 Å². The minimum atomic E-state index is -0.769. The van der Waals surface area contributed by atoms with Crippen LogP contribution in [0.4, 0.5) is 5.69 Å². The second-order valence-corrected chi connectivity index (χ2v) is 6.88. The molecule has 0 fully saturated rings. The molecule has 1 amide bonds. The molecule has 0 saturated carbocycles. The van der Waals surface area contributed by atoms with Crippen LogP contribution in [0, 0.1) is 6.92 Å². The van der Waals surface area contributed by atoms with E-state index in [1.807, 2.05) is 57.2 Å². The summed E-state index contributed by atoms with van der Waals surface area (Å²) in [4.78, 5) is 12.5. The SMILES string of the molecule is COc1ccc(NC(C)(C)C(=O)NCCOc2c(C)cccc2Cl)cc1. The second-order valence-electron chi connectivity index (χ2n) is 6.47. The number of halogens is 1. The predicted octanol–water partition coefficient (Wildman–Crippen LogP) is 4.04. The molecule has 0 spiro atoms. The van der Waals surface area contributed by atoms with Crippen LogP contribution in [0.15, 0.2) is 42.5 Å². The quantitative estimate of drug-likeness (QED) is 0.682. The number of hydrogen-bond donors (Lipinski definition) is 2. The van der Waals surface area contributed by atoms with Gasteiger partial charge in [0.1, 0.15) is 23.6 Å². The Morgan fingerprint density at radius 2 is 1.85 bits per heavy atom. The lowest BCUT2D eigenvalue weighted by Gasteiger charge is -2.26. The molecule has 0 unspecified atom stereocenters. The minimum Gasteiger partial charge on any atom is -0.497 e. The Hall–Kier alpha value is -2.40. The first-order valence-electron chi connectivity index (χ1n) is 8.42. The van der Waals surface area contributed by atoms with Crippen molar-refractivity contribution in [2.24, 2.45) is 0 Å². The van der Waals surface area contributed by atoms with Crippen LogP contribution in [0.25, 0.3) is 0 Å². The van der Waals surface area contributed by atoms with Gasteiger partial charge in [-0.3, -0.25) is 4.79 Å². The zero-order valence-corrected chi connectivity index (χ0v) is 16.3. The smallest absolute Gasteiger partial charge is 0.245 e. The van der Waals surface area contributed by atoms with E-state index in [1.165, 1.54) is 0 Å². The van der Waals surface area contributed by atoms with Gasteiger partial charge in [0.25, 0.3) is 0 Å². The van der Waals surface area contributed by atoms with Gasteiger partial charge in [0.2, 0.25) is 5.91 Å². The number of ether oxygens (including phenoxy) is 2. The summed E-state index contributed by atoms with van der Waals surface area (Å²) in [7, 11) is 1.62. The van der Waals surface area contributed by atoms with E-state index >= 15 is 0 Å². The number of amides is 1. The monoisotopic (exact) mass is 376 g/mol. The lowest BCUT2D eigenvalue weighted by molar-refractivity contribution is -0.124. The highest BCUT2D eigenvalue weighted by Gasteiger charge is 2.27. The van der Waals surface area contributed by atoms with Crippen LogP contribution in [-0.4, -0.2) is 31.7 Å². The summed E-state index contributed by atoms with van der Waals surface area (Å²) >= 11 is 6.12. The van der Waals surface area contributed by atoms with Crippen LogP contribution in [0.1, 0.15) is 19.4 Å². The molecule has 0 aliphatic heterocycles. The van der Waals surface area contributed by atoms with Gasteiger partial charge in [0, 0.05) is 5.69 Å². The van der Waals surface area contributed by atoms with Gasteiger partial charge in [-0.05, 0) is 56.7 Å². The number of carbonyl (C=O) groups is 1. The summed E-state index contributed by atoms with van der Waals surface area (Å²) in [6.45, 7) is 6.31. The van der Waals surface area contributed by atoms with E-state index in [0.717, 1.165) is 17.0 Å². The van der Waals surface area contributed by atoms with Crippen LogP contribution < -0.4 is 20.1 Å². The predicted molar refractivity (Wildman–Crippen MR) is 105 cm³/mol. The number of benzene rings is 2. The lowest BCUT2D eigenvalue weighted by atomic mass is 10.0. The summed E-state index contributed by atoms with van der Waals surface area (Å²) in [5.74, 6) is 1.30. The molecule has 0 saturated heterocycles. The fraction of sp³-hybridized carbons (Fsp3) is 0.350. The molecule has 0 atom stereocenters. The van der Waals surface area contributed by atoms with Crippen molar-refractivity contribution >= 4 is 23.2 Å². The third-order valence-electron chi connectivity index (χ3n) is 3.91. The molecule has 0 bridgehead atoms. The summed E-state index contributed by atoms with van der Waals surface area (Å²) < 4.78 is 10.8. The van der Waals surface area contributed by atoms with Crippen LogP contribution in [0.5, 0.6) is 11.5 Å². The number of nitrogens with one attached hydrogen (secondary N) is 2. The topological polar surface area (TPSA) is 59.6 Å². The number of methoxy groups -OCH3 is 1. The summed E-state index contributed by atoms with van der Waals surface area (Å²) in [6, 6.07) is 13.0. The molecule has 2 N–H and O–H groups in total. The Morgan fingerprint density at radius 3 is 2.46 bits per heavy atom. The van der Waals surface area contributed by atoms with E-state index in [4.69, 9.17) is 21.1 Å². The van der Waals surface area contributed by atoms with Gasteiger partial charge in [-0.15, -0.1) is 0 Å². The number of carbonyl (C=O) groups excluding carboxylic acids is 1. The molecule has 0 aromatic heterocycles. The minimum absolute atomic E-state index is 0.118. The molecule has 2 aromatic carbocycles. The number of aryl methyl sites for hydroxylation is 1. The van der Waals surface area contributed by atoms with Gasteiger partial charge in [-0.2, -0.15) is 0 Å². The molecule has 0 aliphatic carbocycles. The van der Waals surface area contributed by atoms with Gasteiger partial charge in [0.15, 0.2) is 0 Å². The number of hydrogen-bond acceptors (Lipinski definition) is 4. The van der Waals surface area contributed by atoms with Gasteiger partial charge < -0.3 is 20.1 Å². The average molecular weight is 377 g/mol. The van der Waals surface area contributed by atoms with Crippen molar-refractivity contribution in [1.29, 1.82) is 0 Å². The molecule has 140 valence electrons. The van der Waals surface area contributed by atoms with Crippen molar-refractivity contribution in [2.75, 3.05) is 25.6 Å².